The van der Waals surface area contributed by atoms with E-state index in [4.69, 9.17) is 0 Å². The minimum Gasteiger partial charge on any atom is -0.227 e. The Morgan fingerprint density at radius 1 is 1.36 bits per heavy atom. The zero-order valence-electron chi connectivity index (χ0n) is 7.97. The summed E-state index contributed by atoms with van der Waals surface area (Å²) in [6.07, 6.45) is 11.2. The summed E-state index contributed by atoms with van der Waals surface area (Å²) in [4.78, 5) is 0. The van der Waals surface area contributed by atoms with E-state index in [-0.39, 0.29) is 0 Å². The Balaban J connectivity index is 3.78. The predicted octanol–water partition coefficient (Wildman–Crippen LogP) is 3.55. The summed E-state index contributed by atoms with van der Waals surface area (Å²) in [6.45, 7) is 5.93. The van der Waals surface area contributed by atoms with Crippen LogP contribution in [0.4, 0.5) is 0 Å². The van der Waals surface area contributed by atoms with E-state index in [2.05, 4.69) is 37.5 Å². The third-order valence-corrected chi connectivity index (χ3v) is 3.89. The molecule has 0 saturated carbocycles. The summed E-state index contributed by atoms with van der Waals surface area (Å²) in [5, 5.41) is 2.37. The average molecular weight is 172 g/mol. The highest BCUT2D eigenvalue weighted by Gasteiger charge is 2.03. The predicted molar refractivity (Wildman–Crippen MR) is 58.6 cm³/mol. The lowest BCUT2D eigenvalue weighted by atomic mass is 10.4. The smallest absolute Gasteiger partial charge is 0.0164 e. The van der Waals surface area contributed by atoms with Gasteiger partial charge in [-0.05, 0) is 31.1 Å². The van der Waals surface area contributed by atoms with E-state index in [0.717, 1.165) is 6.42 Å². The van der Waals surface area contributed by atoms with E-state index in [0.29, 0.717) is 0 Å². The van der Waals surface area contributed by atoms with Crippen molar-refractivity contribution in [3.8, 4) is 0 Å². The summed E-state index contributed by atoms with van der Waals surface area (Å²) in [7, 11) is -0.432. The molecule has 0 radical (unpaired) electrons. The molecule has 0 amide bonds. The fourth-order valence-corrected chi connectivity index (χ4v) is 2.83. The van der Waals surface area contributed by atoms with Crippen LogP contribution in [-0.4, -0.2) is 18.3 Å². The Kier molecular flexibility index (Phi) is 5.39. The Labute approximate surface area is 72.7 Å². The van der Waals surface area contributed by atoms with Crippen molar-refractivity contribution in [1.82, 2.24) is 0 Å². The van der Waals surface area contributed by atoms with Gasteiger partial charge in [-0.25, -0.2) is 10.0 Å². The van der Waals surface area contributed by atoms with Crippen LogP contribution in [0.25, 0.3) is 0 Å². The Hall–Kier alpha value is -0.170. The van der Waals surface area contributed by atoms with E-state index in [9.17, 15) is 0 Å². The fraction of sp³-hybridized carbons (Fsp3) is 0.600. The third-order valence-electron chi connectivity index (χ3n) is 1.50. The number of allylic oxidation sites excluding steroid dienone is 2. The molecule has 0 unspecified atom stereocenters. The van der Waals surface area contributed by atoms with Crippen LogP contribution in [0.1, 0.15) is 19.8 Å². The van der Waals surface area contributed by atoms with Gasteiger partial charge in [-0.1, -0.05) is 24.5 Å². The quantitative estimate of drug-likeness (QED) is 0.556. The molecule has 1 heteroatoms. The normalized spacial score (nSPS) is 13.7. The van der Waals surface area contributed by atoms with Crippen molar-refractivity contribution in [3.63, 3.8) is 0 Å². The van der Waals surface area contributed by atoms with E-state index in [1.165, 1.54) is 12.2 Å². The highest BCUT2D eigenvalue weighted by Crippen LogP contribution is 2.41. The van der Waals surface area contributed by atoms with Crippen molar-refractivity contribution in [1.29, 1.82) is 0 Å². The van der Waals surface area contributed by atoms with Crippen LogP contribution in [-0.2, 0) is 0 Å². The maximum atomic E-state index is 3.68. The van der Waals surface area contributed by atoms with Crippen LogP contribution in [0.3, 0.4) is 0 Å². The third kappa shape index (κ3) is 6.24. The van der Waals surface area contributed by atoms with Gasteiger partial charge in [0.1, 0.15) is 0 Å². The summed E-state index contributed by atoms with van der Waals surface area (Å²) < 4.78 is 0. The molecule has 0 aromatic heterocycles. The molecule has 0 bridgehead atoms. The molecule has 0 atom stereocenters. The van der Waals surface area contributed by atoms with E-state index < -0.39 is 10.0 Å². The van der Waals surface area contributed by atoms with Crippen LogP contribution in [0.2, 0.25) is 0 Å². The molecule has 0 saturated heterocycles. The number of hydrogen-bond acceptors (Lipinski definition) is 0. The first-order valence-corrected chi connectivity index (χ1v) is 6.79. The highest BCUT2D eigenvalue weighted by atomic mass is 32.3. The first-order chi connectivity index (χ1) is 5.12. The van der Waals surface area contributed by atoms with Gasteiger partial charge in [-0.3, -0.25) is 0 Å². The summed E-state index contributed by atoms with van der Waals surface area (Å²) in [5.41, 5.74) is 0. The molecule has 0 aromatic rings. The average Bonchev–Trinajstić information content (AvgIpc) is 1.87. The van der Waals surface area contributed by atoms with Gasteiger partial charge in [0.25, 0.3) is 0 Å². The van der Waals surface area contributed by atoms with E-state index in [1.807, 2.05) is 6.08 Å². The van der Waals surface area contributed by atoms with Crippen LogP contribution in [0.5, 0.6) is 0 Å². The Morgan fingerprint density at radius 2 is 2.00 bits per heavy atom. The molecule has 66 valence electrons. The molecule has 0 aliphatic carbocycles. The van der Waals surface area contributed by atoms with Gasteiger partial charge in [0.15, 0.2) is 0 Å². The fourth-order valence-electron chi connectivity index (χ4n) is 1.01. The molecule has 0 spiro atoms. The molecular formula is C10H20S. The molecule has 0 aromatic carbocycles. The van der Waals surface area contributed by atoms with Crippen LogP contribution < -0.4 is 0 Å². The lowest BCUT2D eigenvalue weighted by molar-refractivity contribution is 1.10. The second-order valence-electron chi connectivity index (χ2n) is 3.22. The Morgan fingerprint density at radius 3 is 2.45 bits per heavy atom. The lowest BCUT2D eigenvalue weighted by Gasteiger charge is -2.25. The van der Waals surface area contributed by atoms with Crippen molar-refractivity contribution in [3.05, 3.63) is 24.1 Å². The largest absolute Gasteiger partial charge is 0.227 e. The Bertz CT molecular complexity index is 134. The summed E-state index contributed by atoms with van der Waals surface area (Å²) in [5.74, 6) is 1.35. The number of rotatable bonds is 5. The maximum Gasteiger partial charge on any atom is -0.0164 e. The SMILES string of the molecule is C=CCC=CS(C)(C)CCC. The molecule has 0 fully saturated rings. The monoisotopic (exact) mass is 172 g/mol. The second kappa shape index (κ2) is 5.48. The van der Waals surface area contributed by atoms with Gasteiger partial charge >= 0.3 is 0 Å². The van der Waals surface area contributed by atoms with Crippen LogP contribution in [0.15, 0.2) is 24.1 Å². The number of hydrogen-bond donors (Lipinski definition) is 0. The zero-order chi connectivity index (χ0) is 8.74. The summed E-state index contributed by atoms with van der Waals surface area (Å²) >= 11 is 0. The van der Waals surface area contributed by atoms with Crippen LogP contribution >= 0.6 is 10.0 Å². The minimum absolute atomic E-state index is 0.432. The van der Waals surface area contributed by atoms with Crippen molar-refractivity contribution in [2.75, 3.05) is 18.3 Å². The first-order valence-electron chi connectivity index (χ1n) is 4.11. The first kappa shape index (κ1) is 10.8. The molecule has 0 aliphatic rings. The maximum absolute atomic E-state index is 3.68. The molecule has 0 heterocycles. The van der Waals surface area contributed by atoms with Gasteiger partial charge in [0.05, 0.1) is 0 Å². The van der Waals surface area contributed by atoms with E-state index in [1.54, 1.807) is 0 Å². The van der Waals surface area contributed by atoms with Crippen molar-refractivity contribution < 1.29 is 0 Å². The van der Waals surface area contributed by atoms with Gasteiger partial charge in [-0.15, -0.1) is 6.58 Å². The molecule has 11 heavy (non-hydrogen) atoms. The highest BCUT2D eigenvalue weighted by molar-refractivity contribution is 8.35. The molecule has 0 nitrogen and oxygen atoms in total. The van der Waals surface area contributed by atoms with Gasteiger partial charge < -0.3 is 0 Å². The van der Waals surface area contributed by atoms with Crippen LogP contribution in [0, 0.1) is 0 Å². The van der Waals surface area contributed by atoms with Crippen molar-refractivity contribution >= 4 is 10.0 Å². The van der Waals surface area contributed by atoms with Gasteiger partial charge in [0, 0.05) is 0 Å². The molecular weight excluding hydrogens is 152 g/mol. The molecule has 0 rings (SSSR count). The van der Waals surface area contributed by atoms with Gasteiger partial charge in [0.2, 0.25) is 0 Å². The van der Waals surface area contributed by atoms with Gasteiger partial charge in [-0.2, -0.15) is 0 Å². The van der Waals surface area contributed by atoms with Crippen molar-refractivity contribution in [2.24, 2.45) is 0 Å². The zero-order valence-corrected chi connectivity index (χ0v) is 8.79. The molecule has 0 aliphatic heterocycles. The lowest BCUT2D eigenvalue weighted by Crippen LogP contribution is -1.95. The van der Waals surface area contributed by atoms with Crippen molar-refractivity contribution in [2.45, 2.75) is 19.8 Å². The summed E-state index contributed by atoms with van der Waals surface area (Å²) in [6, 6.07) is 0. The topological polar surface area (TPSA) is 0 Å². The minimum atomic E-state index is -0.432. The second-order valence-corrected chi connectivity index (χ2v) is 7.15. The standard InChI is InChI=1S/C10H20S/c1-5-7-8-10-11(3,4)9-6-2/h5,8,10H,1,6-7,9H2,2-4H3. The molecule has 0 N–H and O–H groups in total. The van der Waals surface area contributed by atoms with E-state index >= 15 is 0 Å².